The highest BCUT2D eigenvalue weighted by molar-refractivity contribution is 5.93. The lowest BCUT2D eigenvalue weighted by Crippen LogP contribution is -2.08. The Morgan fingerprint density at radius 2 is 1.68 bits per heavy atom. The molecule has 0 bridgehead atoms. The third kappa shape index (κ3) is 3.97. The van der Waals surface area contributed by atoms with E-state index in [-0.39, 0.29) is 6.61 Å². The van der Waals surface area contributed by atoms with E-state index in [0.717, 1.165) is 16.7 Å². The minimum atomic E-state index is -0.491. The van der Waals surface area contributed by atoms with Crippen LogP contribution in [0.4, 0.5) is 0 Å². The van der Waals surface area contributed by atoms with Crippen LogP contribution in [-0.2, 0) is 11.3 Å². The van der Waals surface area contributed by atoms with Gasteiger partial charge in [0.2, 0.25) is 0 Å². The van der Waals surface area contributed by atoms with Crippen LogP contribution < -0.4 is 9.47 Å². The van der Waals surface area contributed by atoms with E-state index in [4.69, 9.17) is 14.2 Å². The first-order valence-corrected chi connectivity index (χ1v) is 8.64. The lowest BCUT2D eigenvalue weighted by molar-refractivity contribution is 0.0468. The van der Waals surface area contributed by atoms with E-state index in [9.17, 15) is 10.1 Å². The number of ether oxygens (including phenoxy) is 3. The molecule has 0 amide bonds. The van der Waals surface area contributed by atoms with E-state index in [2.05, 4.69) is 6.07 Å². The number of carbonyl (C=O) groups excluding carboxylic acids is 1. The van der Waals surface area contributed by atoms with Crippen molar-refractivity contribution in [2.75, 3.05) is 14.2 Å². The Hall–Kier alpha value is -3.78. The zero-order valence-electron chi connectivity index (χ0n) is 15.6. The van der Waals surface area contributed by atoms with Gasteiger partial charge in [-0.25, -0.2) is 4.79 Å². The third-order valence-corrected chi connectivity index (χ3v) is 4.31. The highest BCUT2D eigenvalue weighted by Crippen LogP contribution is 2.31. The van der Waals surface area contributed by atoms with Gasteiger partial charge in [-0.3, -0.25) is 0 Å². The number of methoxy groups -OCH3 is 2. The van der Waals surface area contributed by atoms with Crippen molar-refractivity contribution in [1.29, 1.82) is 5.26 Å². The summed E-state index contributed by atoms with van der Waals surface area (Å²) in [5.41, 5.74) is 3.57. The van der Waals surface area contributed by atoms with Crippen LogP contribution in [0.1, 0.15) is 21.5 Å². The van der Waals surface area contributed by atoms with Gasteiger partial charge in [0.25, 0.3) is 0 Å². The van der Waals surface area contributed by atoms with Gasteiger partial charge in [0.1, 0.15) is 12.2 Å². The molecule has 0 saturated heterocycles. The minimum absolute atomic E-state index is 0.124. The van der Waals surface area contributed by atoms with E-state index in [0.29, 0.717) is 22.6 Å². The number of carbonyl (C=O) groups is 1. The average molecular weight is 373 g/mol. The smallest absolute Gasteiger partial charge is 0.342 e. The highest BCUT2D eigenvalue weighted by atomic mass is 16.5. The maximum atomic E-state index is 12.4. The number of nitrogens with zero attached hydrogens (tertiary/aromatic N) is 1. The summed E-state index contributed by atoms with van der Waals surface area (Å²) in [5, 5.41) is 9.24. The molecule has 0 saturated carbocycles. The Labute approximate surface area is 163 Å². The Morgan fingerprint density at radius 3 is 2.36 bits per heavy atom. The molecule has 3 aromatic rings. The molecule has 0 radical (unpaired) electrons. The van der Waals surface area contributed by atoms with Crippen LogP contribution in [-0.4, -0.2) is 20.2 Å². The summed E-state index contributed by atoms with van der Waals surface area (Å²) in [7, 11) is 2.99. The first-order chi connectivity index (χ1) is 13.7. The molecular formula is C23H19NO4. The van der Waals surface area contributed by atoms with E-state index in [1.807, 2.05) is 42.5 Å². The van der Waals surface area contributed by atoms with Gasteiger partial charge in [-0.05, 0) is 34.9 Å². The second-order valence-corrected chi connectivity index (χ2v) is 5.97. The lowest BCUT2D eigenvalue weighted by Gasteiger charge is -2.12. The predicted molar refractivity (Wildman–Crippen MR) is 105 cm³/mol. The summed E-state index contributed by atoms with van der Waals surface area (Å²) in [6.45, 7) is 0.124. The van der Waals surface area contributed by atoms with E-state index >= 15 is 0 Å². The Morgan fingerprint density at radius 1 is 0.929 bits per heavy atom. The molecule has 5 heteroatoms. The highest BCUT2D eigenvalue weighted by Gasteiger charge is 2.17. The van der Waals surface area contributed by atoms with Gasteiger partial charge in [-0.2, -0.15) is 5.26 Å². The SMILES string of the molecule is COc1cccc(C(=O)OCc2ccc(-c3ccccc3C#N)cc2)c1OC. The number of hydrogen-bond donors (Lipinski definition) is 0. The van der Waals surface area contributed by atoms with Gasteiger partial charge >= 0.3 is 5.97 Å². The Bertz CT molecular complexity index is 1020. The zero-order chi connectivity index (χ0) is 19.9. The lowest BCUT2D eigenvalue weighted by atomic mass is 9.99. The number of rotatable bonds is 6. The van der Waals surface area contributed by atoms with Crippen LogP contribution in [0, 0.1) is 11.3 Å². The van der Waals surface area contributed by atoms with Crippen molar-refractivity contribution in [3.8, 4) is 28.7 Å². The van der Waals surface area contributed by atoms with Gasteiger partial charge in [0, 0.05) is 0 Å². The van der Waals surface area contributed by atoms with E-state index in [1.54, 1.807) is 24.3 Å². The monoisotopic (exact) mass is 373 g/mol. The summed E-state index contributed by atoms with van der Waals surface area (Å²) in [4.78, 5) is 12.4. The Balaban J connectivity index is 1.72. The van der Waals surface area contributed by atoms with Crippen LogP contribution in [0.25, 0.3) is 11.1 Å². The van der Waals surface area contributed by atoms with Gasteiger partial charge < -0.3 is 14.2 Å². The number of benzene rings is 3. The zero-order valence-corrected chi connectivity index (χ0v) is 15.6. The number of hydrogen-bond acceptors (Lipinski definition) is 5. The quantitative estimate of drug-likeness (QED) is 0.591. The predicted octanol–water partition coefficient (Wildman–Crippen LogP) is 4.60. The van der Waals surface area contributed by atoms with Crippen molar-refractivity contribution in [2.45, 2.75) is 6.61 Å². The van der Waals surface area contributed by atoms with Gasteiger partial charge in [0.15, 0.2) is 11.5 Å². The molecule has 0 aliphatic carbocycles. The van der Waals surface area contributed by atoms with Crippen molar-refractivity contribution in [3.05, 3.63) is 83.4 Å². The molecule has 0 heterocycles. The number of para-hydroxylation sites is 1. The molecular weight excluding hydrogens is 354 g/mol. The second kappa shape index (κ2) is 8.74. The van der Waals surface area contributed by atoms with Crippen LogP contribution >= 0.6 is 0 Å². The second-order valence-electron chi connectivity index (χ2n) is 5.97. The topological polar surface area (TPSA) is 68.5 Å². The molecule has 0 fully saturated rings. The third-order valence-electron chi connectivity index (χ3n) is 4.31. The molecule has 0 spiro atoms. The molecule has 0 aliphatic rings. The average Bonchev–Trinajstić information content (AvgIpc) is 2.77. The van der Waals surface area contributed by atoms with Gasteiger partial charge in [-0.1, -0.05) is 48.5 Å². The fourth-order valence-corrected chi connectivity index (χ4v) is 2.89. The van der Waals surface area contributed by atoms with Crippen molar-refractivity contribution >= 4 is 5.97 Å². The van der Waals surface area contributed by atoms with Crippen molar-refractivity contribution < 1.29 is 19.0 Å². The molecule has 0 aliphatic heterocycles. The summed E-state index contributed by atoms with van der Waals surface area (Å²) >= 11 is 0. The first-order valence-electron chi connectivity index (χ1n) is 8.64. The van der Waals surface area contributed by atoms with Crippen LogP contribution in [0.3, 0.4) is 0 Å². The molecule has 3 rings (SSSR count). The van der Waals surface area contributed by atoms with Crippen LogP contribution in [0.2, 0.25) is 0 Å². The molecule has 28 heavy (non-hydrogen) atoms. The summed E-state index contributed by atoms with van der Waals surface area (Å²) < 4.78 is 15.9. The fourth-order valence-electron chi connectivity index (χ4n) is 2.89. The molecule has 0 atom stereocenters. The molecule has 3 aromatic carbocycles. The molecule has 0 N–H and O–H groups in total. The summed E-state index contributed by atoms with van der Waals surface area (Å²) in [6, 6.07) is 22.2. The maximum absolute atomic E-state index is 12.4. The van der Waals surface area contributed by atoms with Crippen LogP contribution in [0.5, 0.6) is 11.5 Å². The van der Waals surface area contributed by atoms with Crippen molar-refractivity contribution in [1.82, 2.24) is 0 Å². The summed E-state index contributed by atoms with van der Waals surface area (Å²) in [6.07, 6.45) is 0. The van der Waals surface area contributed by atoms with E-state index in [1.165, 1.54) is 14.2 Å². The number of nitriles is 1. The first kappa shape index (κ1) is 19.0. The van der Waals surface area contributed by atoms with Crippen molar-refractivity contribution in [2.24, 2.45) is 0 Å². The standard InChI is InChI=1S/C23H19NO4/c1-26-21-9-5-8-20(22(21)27-2)23(25)28-15-16-10-12-17(13-11-16)19-7-4-3-6-18(19)14-24/h3-13H,15H2,1-2H3. The molecule has 0 aromatic heterocycles. The van der Waals surface area contributed by atoms with E-state index < -0.39 is 5.97 Å². The normalized spacial score (nSPS) is 10.0. The summed E-state index contributed by atoms with van der Waals surface area (Å²) in [5.74, 6) is 0.325. The molecule has 140 valence electrons. The molecule has 5 nitrogen and oxygen atoms in total. The van der Waals surface area contributed by atoms with Crippen molar-refractivity contribution in [3.63, 3.8) is 0 Å². The van der Waals surface area contributed by atoms with Crippen LogP contribution in [0.15, 0.2) is 66.7 Å². The largest absolute Gasteiger partial charge is 0.493 e. The fraction of sp³-hybridized carbons (Fsp3) is 0.130. The molecule has 0 unspecified atom stereocenters. The van der Waals surface area contributed by atoms with Gasteiger partial charge in [0.05, 0.1) is 25.9 Å². The van der Waals surface area contributed by atoms with Gasteiger partial charge in [-0.15, -0.1) is 0 Å². The maximum Gasteiger partial charge on any atom is 0.342 e. The number of esters is 1. The minimum Gasteiger partial charge on any atom is -0.493 e. The Kier molecular flexibility index (Phi) is 5.93.